The lowest BCUT2D eigenvalue weighted by molar-refractivity contribution is 0.111. The number of anilines is 2. The van der Waals surface area contributed by atoms with Gasteiger partial charge in [-0.2, -0.15) is 0 Å². The number of aldehydes is 1. The summed E-state index contributed by atoms with van der Waals surface area (Å²) in [7, 11) is 0. The molecule has 0 bridgehead atoms. The number of carbonyl (C=O) groups is 1. The first kappa shape index (κ1) is 12.4. The van der Waals surface area contributed by atoms with E-state index in [1.54, 1.807) is 18.2 Å². The van der Waals surface area contributed by atoms with E-state index in [9.17, 15) is 4.79 Å². The van der Waals surface area contributed by atoms with Gasteiger partial charge >= 0.3 is 0 Å². The molecule has 1 heterocycles. The molecule has 0 spiro atoms. The van der Waals surface area contributed by atoms with Gasteiger partial charge in [0.15, 0.2) is 6.29 Å². The molecule has 0 atom stereocenters. The van der Waals surface area contributed by atoms with Crippen LogP contribution < -0.4 is 5.32 Å². The zero-order valence-corrected chi connectivity index (χ0v) is 10.9. The van der Waals surface area contributed by atoms with Crippen LogP contribution in [0.15, 0.2) is 40.9 Å². The van der Waals surface area contributed by atoms with Gasteiger partial charge in [0, 0.05) is 21.9 Å². The molecule has 5 heteroatoms. The zero-order chi connectivity index (χ0) is 13.0. The highest BCUT2D eigenvalue weighted by molar-refractivity contribution is 9.10. The van der Waals surface area contributed by atoms with Gasteiger partial charge in [-0.3, -0.25) is 4.79 Å². The third-order valence-electron chi connectivity index (χ3n) is 2.32. The summed E-state index contributed by atoms with van der Waals surface area (Å²) in [5.41, 5.74) is 1.87. The lowest BCUT2D eigenvalue weighted by atomic mass is 10.2. The molecule has 0 saturated carbocycles. The molecule has 18 heavy (non-hydrogen) atoms. The Balaban J connectivity index is 2.35. The highest BCUT2D eigenvalue weighted by Crippen LogP contribution is 2.23. The Morgan fingerprint density at radius 2 is 2.11 bits per heavy atom. The van der Waals surface area contributed by atoms with Gasteiger partial charge in [0.05, 0.1) is 0 Å². The van der Waals surface area contributed by atoms with Crippen LogP contribution in [0.2, 0.25) is 0 Å². The Kier molecular flexibility index (Phi) is 3.84. The molecule has 0 fully saturated rings. The van der Waals surface area contributed by atoms with E-state index in [0.717, 1.165) is 15.7 Å². The molecule has 1 aromatic carbocycles. The number of nitrogens with zero attached hydrogens (tertiary/aromatic N) is 1. The summed E-state index contributed by atoms with van der Waals surface area (Å²) in [6.45, 7) is 0. The largest absolute Gasteiger partial charge is 0.340 e. The van der Waals surface area contributed by atoms with E-state index in [2.05, 4.69) is 26.2 Å². The molecule has 0 aliphatic carbocycles. The van der Waals surface area contributed by atoms with Gasteiger partial charge in [-0.15, -0.1) is 0 Å². The number of hydrogen-bond donors (Lipinski definition) is 2. The maximum atomic E-state index is 10.7. The van der Waals surface area contributed by atoms with Gasteiger partial charge in [0.1, 0.15) is 11.5 Å². The number of halogens is 1. The number of hydrogen-bond acceptors (Lipinski definition) is 4. The van der Waals surface area contributed by atoms with Gasteiger partial charge in [-0.25, -0.2) is 4.98 Å². The Bertz CT molecular complexity index is 599. The normalized spacial score (nSPS) is 9.83. The molecule has 2 aromatic rings. The quantitative estimate of drug-likeness (QED) is 0.672. The molecule has 0 aliphatic rings. The molecule has 2 rings (SSSR count). The van der Waals surface area contributed by atoms with Crippen LogP contribution in [-0.4, -0.2) is 17.5 Å². The molecule has 0 saturated heterocycles. The van der Waals surface area contributed by atoms with Gasteiger partial charge in [0.25, 0.3) is 0 Å². The van der Waals surface area contributed by atoms with Crippen molar-refractivity contribution in [1.82, 2.24) is 4.98 Å². The second-order valence-corrected chi connectivity index (χ2v) is 4.48. The smallest absolute Gasteiger partial charge is 0.168 e. The van der Waals surface area contributed by atoms with E-state index in [-0.39, 0.29) is 0 Å². The zero-order valence-electron chi connectivity index (χ0n) is 9.35. The van der Waals surface area contributed by atoms with E-state index < -0.39 is 0 Å². The maximum Gasteiger partial charge on any atom is 0.168 e. The van der Waals surface area contributed by atoms with E-state index >= 15 is 0 Å². The molecule has 0 amide bonds. The van der Waals surface area contributed by atoms with Crippen molar-refractivity contribution in [3.05, 3.63) is 52.1 Å². The third-order valence-corrected chi connectivity index (χ3v) is 2.82. The second kappa shape index (κ2) is 5.55. The van der Waals surface area contributed by atoms with Gasteiger partial charge in [-0.05, 0) is 24.3 Å². The van der Waals surface area contributed by atoms with Crippen molar-refractivity contribution in [2.75, 3.05) is 5.32 Å². The fourth-order valence-corrected chi connectivity index (χ4v) is 1.85. The summed E-state index contributed by atoms with van der Waals surface area (Å²) >= 11 is 3.38. The van der Waals surface area contributed by atoms with Crippen molar-refractivity contribution in [3.8, 4) is 0 Å². The predicted octanol–water partition coefficient (Wildman–Crippen LogP) is 3.40. The number of nitrogens with one attached hydrogen (secondary N) is 2. The van der Waals surface area contributed by atoms with Crippen molar-refractivity contribution < 1.29 is 4.79 Å². The Morgan fingerprint density at radius 1 is 1.28 bits per heavy atom. The molecule has 0 aliphatic heterocycles. The topological polar surface area (TPSA) is 65.8 Å². The molecule has 1 aromatic heterocycles. The maximum absolute atomic E-state index is 10.7. The summed E-state index contributed by atoms with van der Waals surface area (Å²) in [5, 5.41) is 10.4. The van der Waals surface area contributed by atoms with Crippen LogP contribution in [0.1, 0.15) is 16.1 Å². The van der Waals surface area contributed by atoms with Crippen molar-refractivity contribution >= 4 is 39.9 Å². The molecular weight excluding hydrogens is 294 g/mol. The predicted molar refractivity (Wildman–Crippen MR) is 74.9 cm³/mol. The summed E-state index contributed by atoms with van der Waals surface area (Å²) in [4.78, 5) is 14.8. The number of rotatable bonds is 4. The minimum atomic E-state index is 0.367. The first-order valence-corrected chi connectivity index (χ1v) is 6.01. The SMILES string of the molecule is N=Cc1ccc(Br)cc1Nc1cccc(C=O)n1. The Morgan fingerprint density at radius 3 is 2.83 bits per heavy atom. The van der Waals surface area contributed by atoms with Gasteiger partial charge < -0.3 is 10.7 Å². The standard InChI is InChI=1S/C13H10BrN3O/c14-10-5-4-9(7-15)12(6-10)17-13-3-1-2-11(8-18)16-13/h1-8,15H,(H,16,17). The highest BCUT2D eigenvalue weighted by atomic mass is 79.9. The third kappa shape index (κ3) is 2.81. The van der Waals surface area contributed by atoms with Crippen LogP contribution >= 0.6 is 15.9 Å². The van der Waals surface area contributed by atoms with Crippen LogP contribution in [0.3, 0.4) is 0 Å². The van der Waals surface area contributed by atoms with Crippen molar-refractivity contribution in [2.45, 2.75) is 0 Å². The minimum absolute atomic E-state index is 0.367. The molecule has 4 nitrogen and oxygen atoms in total. The monoisotopic (exact) mass is 303 g/mol. The summed E-state index contributed by atoms with van der Waals surface area (Å²) in [6, 6.07) is 10.7. The van der Waals surface area contributed by atoms with Crippen molar-refractivity contribution in [3.63, 3.8) is 0 Å². The number of pyridine rings is 1. The Labute approximate surface area is 113 Å². The first-order chi connectivity index (χ1) is 8.72. The average molecular weight is 304 g/mol. The molecule has 2 N–H and O–H groups in total. The van der Waals surface area contributed by atoms with Crippen LogP contribution in [0.25, 0.3) is 0 Å². The van der Waals surface area contributed by atoms with Gasteiger partial charge in [0.2, 0.25) is 0 Å². The van der Waals surface area contributed by atoms with Crippen LogP contribution in [0.5, 0.6) is 0 Å². The van der Waals surface area contributed by atoms with E-state index in [1.807, 2.05) is 18.2 Å². The fraction of sp³-hybridized carbons (Fsp3) is 0. The number of benzene rings is 1. The van der Waals surface area contributed by atoms with E-state index in [1.165, 1.54) is 6.21 Å². The number of carbonyl (C=O) groups excluding carboxylic acids is 1. The van der Waals surface area contributed by atoms with Gasteiger partial charge in [-0.1, -0.05) is 28.1 Å². The fourth-order valence-electron chi connectivity index (χ4n) is 1.49. The molecule has 0 radical (unpaired) electrons. The lowest BCUT2D eigenvalue weighted by Crippen LogP contribution is -1.99. The van der Waals surface area contributed by atoms with Crippen LogP contribution in [0.4, 0.5) is 11.5 Å². The second-order valence-electron chi connectivity index (χ2n) is 3.57. The van der Waals surface area contributed by atoms with Crippen LogP contribution in [0, 0.1) is 5.41 Å². The van der Waals surface area contributed by atoms with E-state index in [4.69, 9.17) is 5.41 Å². The van der Waals surface area contributed by atoms with Crippen LogP contribution in [-0.2, 0) is 0 Å². The Hall–Kier alpha value is -2.01. The minimum Gasteiger partial charge on any atom is -0.340 e. The lowest BCUT2D eigenvalue weighted by Gasteiger charge is -2.09. The van der Waals surface area contributed by atoms with Crippen molar-refractivity contribution in [2.24, 2.45) is 0 Å². The first-order valence-electron chi connectivity index (χ1n) is 5.22. The van der Waals surface area contributed by atoms with Crippen molar-refractivity contribution in [1.29, 1.82) is 5.41 Å². The molecule has 0 unspecified atom stereocenters. The summed E-state index contributed by atoms with van der Waals surface area (Å²) in [6.07, 6.45) is 1.96. The van der Waals surface area contributed by atoms with E-state index in [0.29, 0.717) is 17.8 Å². The average Bonchev–Trinajstić information content (AvgIpc) is 2.39. The highest BCUT2D eigenvalue weighted by Gasteiger charge is 2.03. The number of aromatic nitrogens is 1. The molecule has 90 valence electrons. The summed E-state index contributed by atoms with van der Waals surface area (Å²) < 4.78 is 0.905. The molecular formula is C13H10BrN3O. The summed E-state index contributed by atoms with van der Waals surface area (Å²) in [5.74, 6) is 0.570.